The average molecular weight is 373 g/mol. The molecular weight excluding hydrogens is 342 g/mol. The lowest BCUT2D eigenvalue weighted by molar-refractivity contribution is 0.0758. The van der Waals surface area contributed by atoms with Crippen LogP contribution in [0.5, 0.6) is 5.75 Å². The summed E-state index contributed by atoms with van der Waals surface area (Å²) in [7, 11) is 1.58. The van der Waals surface area contributed by atoms with Gasteiger partial charge in [-0.05, 0) is 38.3 Å². The van der Waals surface area contributed by atoms with Crippen LogP contribution in [0.2, 0.25) is 0 Å². The second kappa shape index (κ2) is 9.11. The molecule has 6 heteroatoms. The SMILES string of the molecule is COc1ccc(C)cc1C(=O)N1CCCN(C(=O)NC2CCCCC2)CC1. The molecule has 0 spiro atoms. The summed E-state index contributed by atoms with van der Waals surface area (Å²) < 4.78 is 5.37. The van der Waals surface area contributed by atoms with Crippen LogP contribution < -0.4 is 10.1 Å². The number of carbonyl (C=O) groups is 2. The first kappa shape index (κ1) is 19.5. The summed E-state index contributed by atoms with van der Waals surface area (Å²) in [6, 6.07) is 5.98. The molecule has 1 aromatic rings. The molecule has 1 saturated carbocycles. The third-order valence-electron chi connectivity index (χ3n) is 5.59. The highest BCUT2D eigenvalue weighted by atomic mass is 16.5. The number of nitrogens with one attached hydrogen (secondary N) is 1. The first-order valence-corrected chi connectivity index (χ1v) is 10.1. The Morgan fingerprint density at radius 2 is 1.70 bits per heavy atom. The minimum atomic E-state index is -0.0231. The van der Waals surface area contributed by atoms with E-state index in [4.69, 9.17) is 4.74 Å². The third kappa shape index (κ3) is 4.93. The number of urea groups is 1. The van der Waals surface area contributed by atoms with Crippen molar-refractivity contribution >= 4 is 11.9 Å². The van der Waals surface area contributed by atoms with Crippen LogP contribution in [0.3, 0.4) is 0 Å². The zero-order valence-electron chi connectivity index (χ0n) is 16.5. The first-order valence-electron chi connectivity index (χ1n) is 10.1. The molecule has 1 heterocycles. The van der Waals surface area contributed by atoms with Gasteiger partial charge in [-0.2, -0.15) is 0 Å². The molecule has 0 unspecified atom stereocenters. The molecule has 6 nitrogen and oxygen atoms in total. The first-order chi connectivity index (χ1) is 13.1. The Labute approximate surface area is 161 Å². The van der Waals surface area contributed by atoms with Crippen LogP contribution in [0.15, 0.2) is 18.2 Å². The van der Waals surface area contributed by atoms with E-state index in [1.165, 1.54) is 19.3 Å². The van der Waals surface area contributed by atoms with Crippen LogP contribution in [0.1, 0.15) is 54.4 Å². The molecule has 0 bridgehead atoms. The maximum atomic E-state index is 13.0. The highest BCUT2D eigenvalue weighted by Crippen LogP contribution is 2.22. The second-order valence-corrected chi connectivity index (χ2v) is 7.62. The number of ether oxygens (including phenoxy) is 1. The summed E-state index contributed by atoms with van der Waals surface area (Å²) in [6.07, 6.45) is 6.62. The van der Waals surface area contributed by atoms with Crippen molar-refractivity contribution in [1.82, 2.24) is 15.1 Å². The molecule has 2 fully saturated rings. The Balaban J connectivity index is 1.60. The molecule has 27 heavy (non-hydrogen) atoms. The minimum absolute atomic E-state index is 0.0179. The Hall–Kier alpha value is -2.24. The molecule has 3 amide bonds. The van der Waals surface area contributed by atoms with Crippen molar-refractivity contribution in [2.75, 3.05) is 33.3 Å². The van der Waals surface area contributed by atoms with Crippen LogP contribution in [-0.2, 0) is 0 Å². The van der Waals surface area contributed by atoms with Gasteiger partial charge in [0, 0.05) is 32.2 Å². The molecule has 0 aromatic heterocycles. The minimum Gasteiger partial charge on any atom is -0.496 e. The van der Waals surface area contributed by atoms with Crippen molar-refractivity contribution in [1.29, 1.82) is 0 Å². The second-order valence-electron chi connectivity index (χ2n) is 7.62. The molecule has 3 rings (SSSR count). The lowest BCUT2D eigenvalue weighted by Crippen LogP contribution is -2.47. The van der Waals surface area contributed by atoms with Gasteiger partial charge in [-0.25, -0.2) is 4.79 Å². The van der Waals surface area contributed by atoms with E-state index in [1.54, 1.807) is 7.11 Å². The van der Waals surface area contributed by atoms with Gasteiger partial charge in [-0.1, -0.05) is 30.9 Å². The Bertz CT molecular complexity index is 671. The topological polar surface area (TPSA) is 61.9 Å². The normalized spacial score (nSPS) is 18.7. The van der Waals surface area contributed by atoms with E-state index >= 15 is 0 Å². The molecule has 1 saturated heterocycles. The predicted molar refractivity (Wildman–Crippen MR) is 105 cm³/mol. The molecule has 1 N–H and O–H groups in total. The monoisotopic (exact) mass is 373 g/mol. The molecule has 0 atom stereocenters. The van der Waals surface area contributed by atoms with Crippen molar-refractivity contribution in [3.8, 4) is 5.75 Å². The van der Waals surface area contributed by atoms with Crippen LogP contribution in [-0.4, -0.2) is 61.1 Å². The fourth-order valence-electron chi connectivity index (χ4n) is 4.00. The number of aryl methyl sites for hydroxylation is 1. The lowest BCUT2D eigenvalue weighted by atomic mass is 9.96. The van der Waals surface area contributed by atoms with Crippen LogP contribution >= 0.6 is 0 Å². The van der Waals surface area contributed by atoms with Gasteiger partial charge >= 0.3 is 6.03 Å². The van der Waals surface area contributed by atoms with Crippen LogP contribution in [0, 0.1) is 6.92 Å². The van der Waals surface area contributed by atoms with E-state index in [1.807, 2.05) is 34.9 Å². The van der Waals surface area contributed by atoms with E-state index in [9.17, 15) is 9.59 Å². The highest BCUT2D eigenvalue weighted by molar-refractivity contribution is 5.97. The van der Waals surface area contributed by atoms with Gasteiger partial charge in [0.1, 0.15) is 5.75 Å². The van der Waals surface area contributed by atoms with Crippen molar-refractivity contribution < 1.29 is 14.3 Å². The standard InChI is InChI=1S/C21H31N3O3/c1-16-9-10-19(27-2)18(15-16)20(25)23-11-6-12-24(14-13-23)21(26)22-17-7-4-3-5-8-17/h9-10,15,17H,3-8,11-14H2,1-2H3,(H,22,26). The smallest absolute Gasteiger partial charge is 0.317 e. The number of benzene rings is 1. The van der Waals surface area contributed by atoms with Gasteiger partial charge < -0.3 is 19.9 Å². The molecule has 2 aliphatic rings. The number of nitrogens with zero attached hydrogens (tertiary/aromatic N) is 2. The number of carbonyl (C=O) groups excluding carboxylic acids is 2. The largest absolute Gasteiger partial charge is 0.496 e. The zero-order valence-corrected chi connectivity index (χ0v) is 16.5. The Morgan fingerprint density at radius 1 is 1.00 bits per heavy atom. The summed E-state index contributed by atoms with van der Waals surface area (Å²) in [5, 5.41) is 3.18. The van der Waals surface area contributed by atoms with Gasteiger partial charge in [0.05, 0.1) is 12.7 Å². The number of rotatable bonds is 3. The molecule has 1 aliphatic heterocycles. The van der Waals surface area contributed by atoms with Crippen molar-refractivity contribution in [3.63, 3.8) is 0 Å². The number of hydrogen-bond donors (Lipinski definition) is 1. The number of hydrogen-bond acceptors (Lipinski definition) is 3. The molecule has 1 aromatic carbocycles. The fourth-order valence-corrected chi connectivity index (χ4v) is 4.00. The van der Waals surface area contributed by atoms with E-state index in [0.717, 1.165) is 24.8 Å². The lowest BCUT2D eigenvalue weighted by Gasteiger charge is -2.27. The summed E-state index contributed by atoms with van der Waals surface area (Å²) in [4.78, 5) is 29.3. The van der Waals surface area contributed by atoms with Crippen molar-refractivity contribution in [2.45, 2.75) is 51.5 Å². The van der Waals surface area contributed by atoms with Crippen molar-refractivity contribution in [3.05, 3.63) is 29.3 Å². The Morgan fingerprint density at radius 3 is 2.44 bits per heavy atom. The summed E-state index contributed by atoms with van der Waals surface area (Å²) >= 11 is 0. The molecule has 1 aliphatic carbocycles. The predicted octanol–water partition coefficient (Wildman–Crippen LogP) is 3.19. The van der Waals surface area contributed by atoms with Gasteiger partial charge in [-0.3, -0.25) is 4.79 Å². The maximum absolute atomic E-state index is 13.0. The van der Waals surface area contributed by atoms with Crippen molar-refractivity contribution in [2.24, 2.45) is 0 Å². The van der Waals surface area contributed by atoms with E-state index in [2.05, 4.69) is 5.32 Å². The van der Waals surface area contributed by atoms with Gasteiger partial charge in [0.2, 0.25) is 0 Å². The van der Waals surface area contributed by atoms with Gasteiger partial charge in [0.25, 0.3) is 5.91 Å². The summed E-state index contributed by atoms with van der Waals surface area (Å²) in [5.41, 5.74) is 1.63. The van der Waals surface area contributed by atoms with E-state index in [0.29, 0.717) is 43.5 Å². The molecule has 148 valence electrons. The summed E-state index contributed by atoms with van der Waals surface area (Å²) in [6.45, 7) is 4.43. The average Bonchev–Trinajstić information content (AvgIpc) is 2.94. The third-order valence-corrected chi connectivity index (χ3v) is 5.59. The molecular formula is C21H31N3O3. The van der Waals surface area contributed by atoms with E-state index in [-0.39, 0.29) is 11.9 Å². The number of amides is 3. The Kier molecular flexibility index (Phi) is 6.58. The van der Waals surface area contributed by atoms with Gasteiger partial charge in [0.15, 0.2) is 0 Å². The maximum Gasteiger partial charge on any atom is 0.317 e. The van der Waals surface area contributed by atoms with Gasteiger partial charge in [-0.15, -0.1) is 0 Å². The quantitative estimate of drug-likeness (QED) is 0.885. The summed E-state index contributed by atoms with van der Waals surface area (Å²) in [5.74, 6) is 0.576. The fraction of sp³-hybridized carbons (Fsp3) is 0.619. The zero-order chi connectivity index (χ0) is 19.2. The number of methoxy groups -OCH3 is 1. The van der Waals surface area contributed by atoms with Crippen LogP contribution in [0.25, 0.3) is 0 Å². The molecule has 0 radical (unpaired) electrons. The van der Waals surface area contributed by atoms with Crippen LogP contribution in [0.4, 0.5) is 4.79 Å². The highest BCUT2D eigenvalue weighted by Gasteiger charge is 2.26. The van der Waals surface area contributed by atoms with E-state index < -0.39 is 0 Å².